The van der Waals surface area contributed by atoms with E-state index in [0.717, 1.165) is 24.3 Å². The zero-order chi connectivity index (χ0) is 25.1. The molecule has 0 radical (unpaired) electrons. The molecule has 1 N–H and O–H groups in total. The van der Waals surface area contributed by atoms with Crippen molar-refractivity contribution in [1.29, 1.82) is 5.26 Å². The second-order valence-corrected chi connectivity index (χ2v) is 7.86. The second kappa shape index (κ2) is 9.63. The lowest BCUT2D eigenvalue weighted by atomic mass is 10.1. The SMILES string of the molecule is N#Cc1cc(-c2ccnc(Nc3ccc(-c4nnc(C(F)(F)F)o4)cc3)n2)cc(N2CCOCC2)c1. The summed E-state index contributed by atoms with van der Waals surface area (Å²) in [4.78, 5) is 11.0. The minimum Gasteiger partial charge on any atom is -0.413 e. The first-order valence-corrected chi connectivity index (χ1v) is 10.9. The van der Waals surface area contributed by atoms with E-state index in [2.05, 4.69) is 36.5 Å². The van der Waals surface area contributed by atoms with Crippen LogP contribution in [0, 0.1) is 11.3 Å². The predicted octanol–water partition coefficient (Wildman–Crippen LogP) is 4.66. The number of nitrogens with one attached hydrogen (secondary N) is 1. The number of anilines is 3. The van der Waals surface area contributed by atoms with E-state index in [0.29, 0.717) is 41.7 Å². The molecule has 0 aliphatic carbocycles. The number of hydrogen-bond donors (Lipinski definition) is 1. The number of aromatic nitrogens is 4. The number of rotatable bonds is 5. The Bertz CT molecular complexity index is 1410. The molecule has 12 heteroatoms. The summed E-state index contributed by atoms with van der Waals surface area (Å²) in [7, 11) is 0. The smallest absolute Gasteiger partial charge is 0.413 e. The summed E-state index contributed by atoms with van der Waals surface area (Å²) in [5.41, 5.74) is 3.78. The molecule has 1 aliphatic heterocycles. The Balaban J connectivity index is 1.35. The molecule has 4 aromatic rings. The van der Waals surface area contributed by atoms with Crippen LogP contribution in [0.15, 0.2) is 59.1 Å². The van der Waals surface area contributed by atoms with Crippen LogP contribution >= 0.6 is 0 Å². The van der Waals surface area contributed by atoms with Gasteiger partial charge in [0.2, 0.25) is 11.8 Å². The molecule has 1 fully saturated rings. The van der Waals surface area contributed by atoms with Crippen molar-refractivity contribution in [3.63, 3.8) is 0 Å². The molecule has 3 heterocycles. The second-order valence-electron chi connectivity index (χ2n) is 7.86. The highest BCUT2D eigenvalue weighted by Crippen LogP contribution is 2.31. The van der Waals surface area contributed by atoms with Crippen LogP contribution in [-0.2, 0) is 10.9 Å². The Hall–Kier alpha value is -4.50. The van der Waals surface area contributed by atoms with Crippen molar-refractivity contribution in [1.82, 2.24) is 20.2 Å². The highest BCUT2D eigenvalue weighted by Gasteiger charge is 2.38. The van der Waals surface area contributed by atoms with Gasteiger partial charge in [-0.05, 0) is 48.5 Å². The van der Waals surface area contributed by atoms with Gasteiger partial charge in [-0.2, -0.15) is 18.4 Å². The van der Waals surface area contributed by atoms with Crippen molar-refractivity contribution >= 4 is 17.3 Å². The van der Waals surface area contributed by atoms with Gasteiger partial charge in [0, 0.05) is 41.8 Å². The zero-order valence-corrected chi connectivity index (χ0v) is 18.7. The van der Waals surface area contributed by atoms with E-state index in [1.54, 1.807) is 42.6 Å². The molecule has 0 spiro atoms. The highest BCUT2D eigenvalue weighted by atomic mass is 19.4. The monoisotopic (exact) mass is 493 g/mol. The summed E-state index contributed by atoms with van der Waals surface area (Å²) >= 11 is 0. The predicted molar refractivity (Wildman–Crippen MR) is 123 cm³/mol. The number of ether oxygens (including phenoxy) is 1. The third kappa shape index (κ3) is 5.11. The highest BCUT2D eigenvalue weighted by molar-refractivity contribution is 5.70. The molecule has 5 rings (SSSR count). The van der Waals surface area contributed by atoms with E-state index in [4.69, 9.17) is 9.15 Å². The molecule has 1 saturated heterocycles. The van der Waals surface area contributed by atoms with Crippen LogP contribution in [0.1, 0.15) is 11.5 Å². The normalized spacial score (nSPS) is 13.9. The summed E-state index contributed by atoms with van der Waals surface area (Å²) in [5.74, 6) is -1.32. The van der Waals surface area contributed by atoms with E-state index < -0.39 is 12.1 Å². The fraction of sp³-hybridized carbons (Fsp3) is 0.208. The average Bonchev–Trinajstić information content (AvgIpc) is 3.41. The van der Waals surface area contributed by atoms with Gasteiger partial charge < -0.3 is 19.4 Å². The minimum atomic E-state index is -4.70. The topological polar surface area (TPSA) is 113 Å². The van der Waals surface area contributed by atoms with E-state index in [1.807, 2.05) is 12.1 Å². The van der Waals surface area contributed by atoms with Gasteiger partial charge in [-0.1, -0.05) is 0 Å². The third-order valence-electron chi connectivity index (χ3n) is 5.43. The number of morpholine rings is 1. The molecule has 9 nitrogen and oxygen atoms in total. The molecule has 0 saturated carbocycles. The average molecular weight is 493 g/mol. The molecule has 0 atom stereocenters. The molecular weight excluding hydrogens is 475 g/mol. The Morgan fingerprint density at radius 2 is 1.75 bits per heavy atom. The number of nitrogens with zero attached hydrogens (tertiary/aromatic N) is 6. The largest absolute Gasteiger partial charge is 0.470 e. The molecule has 2 aromatic carbocycles. The summed E-state index contributed by atoms with van der Waals surface area (Å²) in [5, 5.41) is 19.1. The molecule has 0 amide bonds. The van der Waals surface area contributed by atoms with Gasteiger partial charge in [0.25, 0.3) is 0 Å². The third-order valence-corrected chi connectivity index (χ3v) is 5.43. The number of halogens is 3. The van der Waals surface area contributed by atoms with Gasteiger partial charge in [0.05, 0.1) is 30.5 Å². The standard InChI is InChI=1S/C24H18F3N7O2/c25-24(26,27)22-33-32-21(36-22)16-1-3-18(4-2-16)30-23-29-6-5-20(31-23)17-11-15(14-28)12-19(13-17)34-7-9-35-10-8-34/h1-6,11-13H,7-10H2,(H,29,30,31). The van der Waals surface area contributed by atoms with Crippen LogP contribution in [0.25, 0.3) is 22.7 Å². The van der Waals surface area contributed by atoms with Crippen LogP contribution in [0.2, 0.25) is 0 Å². The molecule has 0 bridgehead atoms. The first-order valence-electron chi connectivity index (χ1n) is 10.9. The van der Waals surface area contributed by atoms with Crippen LogP contribution in [0.5, 0.6) is 0 Å². The zero-order valence-electron chi connectivity index (χ0n) is 18.7. The Kier molecular flexibility index (Phi) is 6.22. The van der Waals surface area contributed by atoms with Crippen molar-refractivity contribution in [2.24, 2.45) is 0 Å². The molecular formula is C24H18F3N7O2. The Labute approximate surface area is 203 Å². The maximum absolute atomic E-state index is 12.7. The van der Waals surface area contributed by atoms with Gasteiger partial charge in [-0.15, -0.1) is 10.2 Å². The number of hydrogen-bond acceptors (Lipinski definition) is 9. The van der Waals surface area contributed by atoms with Gasteiger partial charge in [0.1, 0.15) is 0 Å². The van der Waals surface area contributed by atoms with Crippen molar-refractivity contribution < 1.29 is 22.3 Å². The summed E-state index contributed by atoms with van der Waals surface area (Å²) < 4.78 is 48.2. The van der Waals surface area contributed by atoms with Crippen LogP contribution in [0.4, 0.5) is 30.5 Å². The number of nitriles is 1. The van der Waals surface area contributed by atoms with Gasteiger partial charge in [-0.3, -0.25) is 0 Å². The fourth-order valence-electron chi connectivity index (χ4n) is 3.69. The van der Waals surface area contributed by atoms with E-state index >= 15 is 0 Å². The van der Waals surface area contributed by atoms with E-state index in [1.165, 1.54) is 0 Å². The van der Waals surface area contributed by atoms with Crippen molar-refractivity contribution in [2.75, 3.05) is 36.5 Å². The van der Waals surface area contributed by atoms with Crippen LogP contribution in [0.3, 0.4) is 0 Å². The number of alkyl halides is 3. The first kappa shape index (κ1) is 23.3. The summed E-state index contributed by atoms with van der Waals surface area (Å²) in [6, 6.07) is 15.9. The summed E-state index contributed by atoms with van der Waals surface area (Å²) in [6.07, 6.45) is -3.10. The van der Waals surface area contributed by atoms with Gasteiger partial charge in [-0.25, -0.2) is 9.97 Å². The maximum Gasteiger partial charge on any atom is 0.470 e. The molecule has 1 aliphatic rings. The molecule has 2 aromatic heterocycles. The quantitative estimate of drug-likeness (QED) is 0.424. The lowest BCUT2D eigenvalue weighted by Crippen LogP contribution is -2.36. The van der Waals surface area contributed by atoms with Crippen molar-refractivity contribution in [3.05, 3.63) is 66.2 Å². The van der Waals surface area contributed by atoms with E-state index in [-0.39, 0.29) is 5.89 Å². The van der Waals surface area contributed by atoms with Crippen LogP contribution in [-0.4, -0.2) is 46.5 Å². The van der Waals surface area contributed by atoms with Crippen molar-refractivity contribution in [3.8, 4) is 28.8 Å². The van der Waals surface area contributed by atoms with Gasteiger partial charge >= 0.3 is 12.1 Å². The first-order chi connectivity index (χ1) is 17.4. The maximum atomic E-state index is 12.7. The Morgan fingerprint density at radius 1 is 0.972 bits per heavy atom. The minimum absolute atomic E-state index is 0.236. The fourth-order valence-corrected chi connectivity index (χ4v) is 3.69. The molecule has 36 heavy (non-hydrogen) atoms. The lowest BCUT2D eigenvalue weighted by Gasteiger charge is -2.29. The Morgan fingerprint density at radius 3 is 2.44 bits per heavy atom. The van der Waals surface area contributed by atoms with Gasteiger partial charge in [0.15, 0.2) is 0 Å². The molecule has 0 unspecified atom stereocenters. The number of benzene rings is 2. The van der Waals surface area contributed by atoms with Crippen molar-refractivity contribution in [2.45, 2.75) is 6.18 Å². The van der Waals surface area contributed by atoms with Crippen LogP contribution < -0.4 is 10.2 Å². The molecule has 182 valence electrons. The summed E-state index contributed by atoms with van der Waals surface area (Å²) in [6.45, 7) is 2.73. The van der Waals surface area contributed by atoms with E-state index in [9.17, 15) is 18.4 Å². The lowest BCUT2D eigenvalue weighted by molar-refractivity contribution is -0.156.